The van der Waals surface area contributed by atoms with Crippen molar-refractivity contribution in [2.24, 2.45) is 0 Å². The van der Waals surface area contributed by atoms with Crippen LogP contribution < -0.4 is 0 Å². The molecule has 0 amide bonds. The SMILES string of the molecule is Clc1ccc(-c2noc(Cl)c2Cl)c(Cl)c1. The molecule has 0 fully saturated rings. The molecule has 78 valence electrons. The Hall–Kier alpha value is -0.410. The van der Waals surface area contributed by atoms with Crippen molar-refractivity contribution in [1.82, 2.24) is 5.16 Å². The van der Waals surface area contributed by atoms with Gasteiger partial charge in [0.2, 0.25) is 5.22 Å². The topological polar surface area (TPSA) is 26.0 Å². The molecule has 0 N–H and O–H groups in total. The first kappa shape index (κ1) is 11.1. The lowest BCUT2D eigenvalue weighted by molar-refractivity contribution is 0.424. The Labute approximate surface area is 106 Å². The molecule has 0 aliphatic carbocycles. The number of nitrogens with zero attached hydrogens (tertiary/aromatic N) is 1. The molecule has 0 spiro atoms. The molecule has 0 aliphatic rings. The first-order valence-corrected chi connectivity index (χ1v) is 5.37. The third kappa shape index (κ3) is 2.08. The number of rotatable bonds is 1. The molecule has 2 rings (SSSR count). The molecule has 1 aromatic heterocycles. The number of aromatic nitrogens is 1. The minimum absolute atomic E-state index is 0.0395. The van der Waals surface area contributed by atoms with E-state index in [-0.39, 0.29) is 10.2 Å². The van der Waals surface area contributed by atoms with Crippen molar-refractivity contribution >= 4 is 46.4 Å². The molecule has 2 aromatic rings. The zero-order chi connectivity index (χ0) is 11.0. The van der Waals surface area contributed by atoms with Crippen molar-refractivity contribution in [3.63, 3.8) is 0 Å². The van der Waals surface area contributed by atoms with Crippen LogP contribution >= 0.6 is 46.4 Å². The Kier molecular flexibility index (Phi) is 3.12. The van der Waals surface area contributed by atoms with E-state index in [2.05, 4.69) is 5.16 Å². The summed E-state index contributed by atoms with van der Waals surface area (Å²) in [6.07, 6.45) is 0. The summed E-state index contributed by atoms with van der Waals surface area (Å²) in [5.74, 6) is 0. The lowest BCUT2D eigenvalue weighted by atomic mass is 10.1. The van der Waals surface area contributed by atoms with Crippen LogP contribution in [0, 0.1) is 0 Å². The van der Waals surface area contributed by atoms with Gasteiger partial charge in [0.25, 0.3) is 0 Å². The number of benzene rings is 1. The molecule has 0 radical (unpaired) electrons. The van der Waals surface area contributed by atoms with Crippen LogP contribution in [-0.2, 0) is 0 Å². The average Bonchev–Trinajstić information content (AvgIpc) is 2.49. The second-order valence-electron chi connectivity index (χ2n) is 2.74. The Morgan fingerprint density at radius 2 is 1.80 bits per heavy atom. The lowest BCUT2D eigenvalue weighted by Gasteiger charge is -2.00. The van der Waals surface area contributed by atoms with Gasteiger partial charge in [-0.3, -0.25) is 0 Å². The molecule has 0 saturated carbocycles. The zero-order valence-corrected chi connectivity index (χ0v) is 10.1. The van der Waals surface area contributed by atoms with Crippen molar-refractivity contribution < 1.29 is 4.52 Å². The van der Waals surface area contributed by atoms with Crippen molar-refractivity contribution in [3.8, 4) is 11.3 Å². The number of halogens is 4. The van der Waals surface area contributed by atoms with Gasteiger partial charge >= 0.3 is 0 Å². The van der Waals surface area contributed by atoms with E-state index in [1.165, 1.54) is 0 Å². The smallest absolute Gasteiger partial charge is 0.245 e. The minimum Gasteiger partial charge on any atom is -0.342 e. The highest BCUT2D eigenvalue weighted by atomic mass is 35.5. The van der Waals surface area contributed by atoms with Gasteiger partial charge in [-0.1, -0.05) is 40.0 Å². The highest BCUT2D eigenvalue weighted by molar-refractivity contribution is 6.43. The summed E-state index contributed by atoms with van der Waals surface area (Å²) in [5, 5.41) is 4.96. The summed E-state index contributed by atoms with van der Waals surface area (Å²) < 4.78 is 4.73. The molecule has 1 heterocycles. The fourth-order valence-electron chi connectivity index (χ4n) is 1.11. The summed E-state index contributed by atoms with van der Waals surface area (Å²) in [4.78, 5) is 0. The molecule has 0 aliphatic heterocycles. The second kappa shape index (κ2) is 4.22. The number of hydrogen-bond donors (Lipinski definition) is 0. The molecular formula is C9H3Cl4NO. The van der Waals surface area contributed by atoms with Crippen molar-refractivity contribution in [3.05, 3.63) is 38.5 Å². The normalized spacial score (nSPS) is 10.7. The van der Waals surface area contributed by atoms with Gasteiger partial charge < -0.3 is 4.52 Å². The standard InChI is InChI=1S/C9H3Cl4NO/c10-4-1-2-5(6(11)3-4)8-7(12)9(13)15-14-8/h1-3H. The molecule has 6 heteroatoms. The Morgan fingerprint density at radius 3 is 2.33 bits per heavy atom. The van der Waals surface area contributed by atoms with Crippen LogP contribution in [0.5, 0.6) is 0 Å². The predicted molar refractivity (Wildman–Crippen MR) is 62.0 cm³/mol. The fraction of sp³-hybridized carbons (Fsp3) is 0. The van der Waals surface area contributed by atoms with Gasteiger partial charge in [0.15, 0.2) is 0 Å². The first-order valence-electron chi connectivity index (χ1n) is 3.85. The third-order valence-electron chi connectivity index (χ3n) is 1.78. The first-order chi connectivity index (χ1) is 7.09. The molecule has 0 bridgehead atoms. The van der Waals surface area contributed by atoms with E-state index in [0.717, 1.165) is 0 Å². The van der Waals surface area contributed by atoms with E-state index < -0.39 is 0 Å². The second-order valence-corrected chi connectivity index (χ2v) is 4.31. The van der Waals surface area contributed by atoms with Crippen LogP contribution in [0.25, 0.3) is 11.3 Å². The molecule has 0 unspecified atom stereocenters. The highest BCUT2D eigenvalue weighted by Gasteiger charge is 2.16. The quantitative estimate of drug-likeness (QED) is 0.739. The summed E-state index contributed by atoms with van der Waals surface area (Å²) in [6.45, 7) is 0. The maximum Gasteiger partial charge on any atom is 0.245 e. The zero-order valence-electron chi connectivity index (χ0n) is 7.10. The van der Waals surface area contributed by atoms with Gasteiger partial charge in [-0.2, -0.15) is 0 Å². The third-order valence-corrected chi connectivity index (χ3v) is 3.04. The summed E-state index contributed by atoms with van der Waals surface area (Å²) in [6, 6.07) is 4.98. The van der Waals surface area contributed by atoms with E-state index >= 15 is 0 Å². The molecular weight excluding hydrogens is 280 g/mol. The van der Waals surface area contributed by atoms with Crippen LogP contribution in [0.2, 0.25) is 20.3 Å². The molecule has 0 saturated heterocycles. The number of hydrogen-bond acceptors (Lipinski definition) is 2. The average molecular weight is 283 g/mol. The van der Waals surface area contributed by atoms with Gasteiger partial charge in [0.1, 0.15) is 10.7 Å². The summed E-state index contributed by atoms with van der Waals surface area (Å²) >= 11 is 23.2. The minimum atomic E-state index is 0.0395. The lowest BCUT2D eigenvalue weighted by Crippen LogP contribution is -1.80. The van der Waals surface area contributed by atoms with Crippen LogP contribution in [0.3, 0.4) is 0 Å². The van der Waals surface area contributed by atoms with Crippen molar-refractivity contribution in [1.29, 1.82) is 0 Å². The van der Waals surface area contributed by atoms with Gasteiger partial charge in [-0.15, -0.1) is 0 Å². The molecule has 1 aromatic carbocycles. The molecule has 2 nitrogen and oxygen atoms in total. The van der Waals surface area contributed by atoms with Gasteiger partial charge in [0.05, 0.1) is 5.02 Å². The van der Waals surface area contributed by atoms with Crippen LogP contribution in [0.15, 0.2) is 22.7 Å². The largest absolute Gasteiger partial charge is 0.342 e. The Morgan fingerprint density at radius 1 is 1.07 bits per heavy atom. The highest BCUT2D eigenvalue weighted by Crippen LogP contribution is 2.37. The fourth-order valence-corrected chi connectivity index (χ4v) is 1.90. The predicted octanol–water partition coefficient (Wildman–Crippen LogP) is 4.96. The summed E-state index contributed by atoms with van der Waals surface area (Å²) in [5.41, 5.74) is 1.03. The van der Waals surface area contributed by atoms with Crippen LogP contribution in [-0.4, -0.2) is 5.16 Å². The van der Waals surface area contributed by atoms with E-state index in [0.29, 0.717) is 21.3 Å². The molecule has 15 heavy (non-hydrogen) atoms. The van der Waals surface area contributed by atoms with Gasteiger partial charge in [-0.05, 0) is 29.8 Å². The maximum atomic E-state index is 5.98. The monoisotopic (exact) mass is 281 g/mol. The van der Waals surface area contributed by atoms with E-state index in [4.69, 9.17) is 50.9 Å². The van der Waals surface area contributed by atoms with Crippen LogP contribution in [0.4, 0.5) is 0 Å². The van der Waals surface area contributed by atoms with Gasteiger partial charge in [0, 0.05) is 10.6 Å². The summed E-state index contributed by atoms with van der Waals surface area (Å²) in [7, 11) is 0. The van der Waals surface area contributed by atoms with E-state index in [1.54, 1.807) is 18.2 Å². The maximum absolute atomic E-state index is 5.98. The van der Waals surface area contributed by atoms with Crippen molar-refractivity contribution in [2.45, 2.75) is 0 Å². The van der Waals surface area contributed by atoms with E-state index in [9.17, 15) is 0 Å². The Bertz CT molecular complexity index is 509. The van der Waals surface area contributed by atoms with Crippen LogP contribution in [0.1, 0.15) is 0 Å². The van der Waals surface area contributed by atoms with E-state index in [1.807, 2.05) is 0 Å². The van der Waals surface area contributed by atoms with Gasteiger partial charge in [-0.25, -0.2) is 0 Å². The van der Waals surface area contributed by atoms with Crippen molar-refractivity contribution in [2.75, 3.05) is 0 Å². The Balaban J connectivity index is 2.59. The molecule has 0 atom stereocenters.